The van der Waals surface area contributed by atoms with Gasteiger partial charge in [-0.05, 0) is 44.6 Å². The molecule has 0 aliphatic heterocycles. The molecule has 26 heavy (non-hydrogen) atoms. The van der Waals surface area contributed by atoms with E-state index in [9.17, 15) is 9.59 Å². The first-order valence-electron chi connectivity index (χ1n) is 8.71. The van der Waals surface area contributed by atoms with E-state index in [0.29, 0.717) is 17.5 Å². The fraction of sp³-hybridized carbons (Fsp3) is 0.250. The summed E-state index contributed by atoms with van der Waals surface area (Å²) in [7, 11) is 1.90. The zero-order chi connectivity index (χ0) is 18.4. The van der Waals surface area contributed by atoms with Crippen molar-refractivity contribution in [3.8, 4) is 11.3 Å². The first-order chi connectivity index (χ1) is 12.7. The van der Waals surface area contributed by atoms with Crippen LogP contribution in [0, 0.1) is 0 Å². The molecule has 6 heteroatoms. The van der Waals surface area contributed by atoms with Crippen LogP contribution in [0.3, 0.4) is 0 Å². The lowest BCUT2D eigenvalue weighted by molar-refractivity contribution is -0.116. The maximum atomic E-state index is 12.1. The van der Waals surface area contributed by atoms with Gasteiger partial charge in [0.1, 0.15) is 0 Å². The first kappa shape index (κ1) is 17.8. The Morgan fingerprint density at radius 3 is 2.69 bits per heavy atom. The predicted molar refractivity (Wildman–Crippen MR) is 104 cm³/mol. The van der Waals surface area contributed by atoms with Crippen LogP contribution in [0.15, 0.2) is 53.3 Å². The highest BCUT2D eigenvalue weighted by molar-refractivity contribution is 5.95. The number of H-pyrrole nitrogens is 1. The summed E-state index contributed by atoms with van der Waals surface area (Å²) in [5.41, 5.74) is 2.03. The Balaban J connectivity index is 1.81. The smallest absolute Gasteiger partial charge is 0.272 e. The molecule has 3 N–H and O–H groups in total. The van der Waals surface area contributed by atoms with Gasteiger partial charge < -0.3 is 10.6 Å². The molecule has 1 amide bonds. The number of nitrogens with one attached hydrogen (secondary N) is 3. The van der Waals surface area contributed by atoms with Gasteiger partial charge in [0.2, 0.25) is 5.91 Å². The van der Waals surface area contributed by atoms with Crippen LogP contribution in [-0.2, 0) is 4.79 Å². The number of anilines is 1. The van der Waals surface area contributed by atoms with Gasteiger partial charge in [-0.2, -0.15) is 5.10 Å². The summed E-state index contributed by atoms with van der Waals surface area (Å²) < 4.78 is 0. The van der Waals surface area contributed by atoms with Crippen LogP contribution in [-0.4, -0.2) is 29.7 Å². The minimum absolute atomic E-state index is 0.00228. The van der Waals surface area contributed by atoms with E-state index in [-0.39, 0.29) is 11.5 Å². The van der Waals surface area contributed by atoms with Crippen molar-refractivity contribution in [2.45, 2.75) is 19.3 Å². The number of hydrogen-bond donors (Lipinski definition) is 3. The zero-order valence-electron chi connectivity index (χ0n) is 14.7. The molecule has 0 saturated heterocycles. The molecule has 134 valence electrons. The summed E-state index contributed by atoms with van der Waals surface area (Å²) in [6, 6.07) is 14.9. The van der Waals surface area contributed by atoms with Crippen molar-refractivity contribution in [2.75, 3.05) is 18.9 Å². The van der Waals surface area contributed by atoms with Crippen LogP contribution >= 0.6 is 0 Å². The summed E-state index contributed by atoms with van der Waals surface area (Å²) >= 11 is 0. The largest absolute Gasteiger partial charge is 0.326 e. The Labute approximate surface area is 151 Å². The second kappa shape index (κ2) is 8.40. The normalized spacial score (nSPS) is 10.8. The molecule has 0 aliphatic rings. The lowest BCUT2D eigenvalue weighted by Gasteiger charge is -2.09. The van der Waals surface area contributed by atoms with Crippen LogP contribution in [0.25, 0.3) is 22.0 Å². The van der Waals surface area contributed by atoms with Crippen molar-refractivity contribution in [2.24, 2.45) is 0 Å². The summed E-state index contributed by atoms with van der Waals surface area (Å²) in [5.74, 6) is -0.00228. The number of carbonyl (C=O) groups is 1. The fourth-order valence-electron chi connectivity index (χ4n) is 2.89. The molecule has 0 atom stereocenters. The number of hydrogen-bond acceptors (Lipinski definition) is 4. The van der Waals surface area contributed by atoms with E-state index in [2.05, 4.69) is 20.8 Å². The highest BCUT2D eigenvalue weighted by Gasteiger charge is 2.09. The molecule has 0 bridgehead atoms. The molecular weight excluding hydrogens is 328 g/mol. The minimum atomic E-state index is -0.213. The second-order valence-electron chi connectivity index (χ2n) is 6.14. The van der Waals surface area contributed by atoms with Crippen molar-refractivity contribution in [3.05, 3.63) is 58.9 Å². The molecule has 0 unspecified atom stereocenters. The van der Waals surface area contributed by atoms with E-state index >= 15 is 0 Å². The number of carbonyl (C=O) groups excluding carboxylic acids is 1. The molecule has 3 aromatic rings. The number of amides is 1. The third-order valence-corrected chi connectivity index (χ3v) is 4.20. The third-order valence-electron chi connectivity index (χ3n) is 4.20. The Morgan fingerprint density at radius 2 is 1.88 bits per heavy atom. The Hall–Kier alpha value is -2.99. The van der Waals surface area contributed by atoms with Crippen molar-refractivity contribution < 1.29 is 4.79 Å². The molecule has 0 fully saturated rings. The number of benzene rings is 2. The van der Waals surface area contributed by atoms with Crippen LogP contribution in [0.1, 0.15) is 19.3 Å². The maximum Gasteiger partial charge on any atom is 0.272 e. The van der Waals surface area contributed by atoms with Gasteiger partial charge in [0.25, 0.3) is 5.56 Å². The highest BCUT2D eigenvalue weighted by atomic mass is 16.1. The van der Waals surface area contributed by atoms with Gasteiger partial charge in [0.15, 0.2) is 0 Å². The zero-order valence-corrected chi connectivity index (χ0v) is 14.7. The summed E-state index contributed by atoms with van der Waals surface area (Å²) in [4.78, 5) is 24.0. The number of rotatable bonds is 7. The van der Waals surface area contributed by atoms with Gasteiger partial charge in [-0.3, -0.25) is 9.59 Å². The van der Waals surface area contributed by atoms with E-state index in [4.69, 9.17) is 0 Å². The van der Waals surface area contributed by atoms with E-state index in [1.165, 1.54) is 0 Å². The first-order valence-corrected chi connectivity index (χ1v) is 8.71. The van der Waals surface area contributed by atoms with Gasteiger partial charge in [0, 0.05) is 23.1 Å². The molecule has 0 aliphatic carbocycles. The second-order valence-corrected chi connectivity index (χ2v) is 6.14. The minimum Gasteiger partial charge on any atom is -0.326 e. The Bertz CT molecular complexity index is 965. The summed E-state index contributed by atoms with van der Waals surface area (Å²) in [6.07, 6.45) is 2.31. The van der Waals surface area contributed by atoms with E-state index in [1.54, 1.807) is 6.07 Å². The average Bonchev–Trinajstić information content (AvgIpc) is 2.66. The third kappa shape index (κ3) is 4.15. The molecule has 1 aromatic heterocycles. The maximum absolute atomic E-state index is 12.1. The number of unbranched alkanes of at least 4 members (excludes halogenated alkanes) is 1. The topological polar surface area (TPSA) is 86.9 Å². The van der Waals surface area contributed by atoms with Gasteiger partial charge in [0.05, 0.1) is 11.1 Å². The fourth-order valence-corrected chi connectivity index (χ4v) is 2.89. The number of nitrogens with zero attached hydrogens (tertiary/aromatic N) is 1. The van der Waals surface area contributed by atoms with Gasteiger partial charge in [-0.25, -0.2) is 5.10 Å². The monoisotopic (exact) mass is 350 g/mol. The lowest BCUT2D eigenvalue weighted by Crippen LogP contribution is -2.13. The van der Waals surface area contributed by atoms with Crippen molar-refractivity contribution in [1.29, 1.82) is 0 Å². The standard InChI is InChI=1S/C20H22N4O2/c1-21-12-5-4-11-18(25)22-15-8-6-7-14(13-15)19-16-9-2-3-10-17(16)20(26)24-23-19/h2-3,6-10,13,21H,4-5,11-12H2,1H3,(H,22,25)(H,24,26). The van der Waals surface area contributed by atoms with Crippen LogP contribution in [0.4, 0.5) is 5.69 Å². The number of aromatic amines is 1. The van der Waals surface area contributed by atoms with Gasteiger partial charge >= 0.3 is 0 Å². The van der Waals surface area contributed by atoms with Crippen molar-refractivity contribution in [1.82, 2.24) is 15.5 Å². The average molecular weight is 350 g/mol. The molecule has 0 saturated carbocycles. The lowest BCUT2D eigenvalue weighted by atomic mass is 10.0. The van der Waals surface area contributed by atoms with E-state index < -0.39 is 0 Å². The van der Waals surface area contributed by atoms with Crippen LogP contribution in [0.2, 0.25) is 0 Å². The summed E-state index contributed by atoms with van der Waals surface area (Å²) in [6.45, 7) is 0.910. The van der Waals surface area contributed by atoms with Gasteiger partial charge in [-0.15, -0.1) is 0 Å². The predicted octanol–water partition coefficient (Wildman–Crippen LogP) is 2.92. The van der Waals surface area contributed by atoms with Crippen LogP contribution in [0.5, 0.6) is 0 Å². The molecule has 6 nitrogen and oxygen atoms in total. The quantitative estimate of drug-likeness (QED) is 0.572. The number of fused-ring (bicyclic) bond motifs is 1. The molecule has 2 aromatic carbocycles. The van der Waals surface area contributed by atoms with E-state index in [1.807, 2.05) is 49.5 Å². The summed E-state index contributed by atoms with van der Waals surface area (Å²) in [5, 5.41) is 14.1. The van der Waals surface area contributed by atoms with Crippen molar-refractivity contribution in [3.63, 3.8) is 0 Å². The highest BCUT2D eigenvalue weighted by Crippen LogP contribution is 2.26. The molecule has 1 heterocycles. The Kier molecular flexibility index (Phi) is 5.76. The SMILES string of the molecule is CNCCCCC(=O)Nc1cccc(-c2n[nH]c(=O)c3ccccc23)c1. The van der Waals surface area contributed by atoms with Gasteiger partial charge in [-0.1, -0.05) is 30.3 Å². The van der Waals surface area contributed by atoms with Crippen molar-refractivity contribution >= 4 is 22.4 Å². The molecular formula is C20H22N4O2. The Morgan fingerprint density at radius 1 is 1.08 bits per heavy atom. The molecule has 3 rings (SSSR count). The van der Waals surface area contributed by atoms with E-state index in [0.717, 1.165) is 36.0 Å². The number of aromatic nitrogens is 2. The molecule has 0 radical (unpaired) electrons. The molecule has 0 spiro atoms. The van der Waals surface area contributed by atoms with Crippen LogP contribution < -0.4 is 16.2 Å².